The molecule has 9 nitrogen and oxygen atoms in total. The maximum atomic E-state index is 12.7. The van der Waals surface area contributed by atoms with Gasteiger partial charge in [0.05, 0.1) is 22.0 Å². The molecule has 2 atom stereocenters. The Balaban J connectivity index is 1.64. The Morgan fingerprint density at radius 3 is 2.32 bits per heavy atom. The Morgan fingerprint density at radius 2 is 1.81 bits per heavy atom. The third kappa shape index (κ3) is 5.27. The fourth-order valence-corrected chi connectivity index (χ4v) is 7.22. The minimum atomic E-state index is -3.58. The van der Waals surface area contributed by atoms with Crippen LogP contribution >= 0.6 is 0 Å². The fraction of sp³-hybridized carbons (Fsp3) is 0.600. The average Bonchev–Trinajstić information content (AvgIpc) is 3.39. The molecule has 0 bridgehead atoms. The van der Waals surface area contributed by atoms with Crippen molar-refractivity contribution in [3.8, 4) is 0 Å². The molecule has 3 rings (SSSR count). The second-order valence-corrected chi connectivity index (χ2v) is 12.0. The van der Waals surface area contributed by atoms with Crippen LogP contribution in [0.1, 0.15) is 43.5 Å². The minimum Gasteiger partial charge on any atom is -0.449 e. The van der Waals surface area contributed by atoms with Crippen LogP contribution < -0.4 is 0 Å². The molecule has 0 spiro atoms. The van der Waals surface area contributed by atoms with Gasteiger partial charge in [0.2, 0.25) is 10.0 Å². The number of likely N-dealkylation sites (N-methyl/N-ethyl adjacent to an activating group) is 1. The van der Waals surface area contributed by atoms with E-state index >= 15 is 0 Å². The zero-order chi connectivity index (χ0) is 22.8. The fourth-order valence-electron chi connectivity index (χ4n) is 3.97. The van der Waals surface area contributed by atoms with Gasteiger partial charge < -0.3 is 9.64 Å². The number of rotatable bonds is 7. The SMILES string of the molecule is CCN(C(=O)[C@@H](C)OC(=O)c1ccc(S(=O)(=O)N2CCCC2)cc1)[C@H]1CCS(=O)(=O)C1. The molecule has 2 saturated heterocycles. The number of carbonyl (C=O) groups excluding carboxylic acids is 2. The molecule has 1 aromatic carbocycles. The van der Waals surface area contributed by atoms with Crippen LogP contribution in [0.4, 0.5) is 0 Å². The Kier molecular flexibility index (Phi) is 7.07. The number of sulfonamides is 1. The lowest BCUT2D eigenvalue weighted by atomic mass is 10.2. The minimum absolute atomic E-state index is 0.0439. The van der Waals surface area contributed by atoms with E-state index in [4.69, 9.17) is 4.74 Å². The Bertz CT molecular complexity index is 1030. The van der Waals surface area contributed by atoms with E-state index in [1.807, 2.05) is 0 Å². The highest BCUT2D eigenvalue weighted by Gasteiger charge is 2.36. The Morgan fingerprint density at radius 1 is 1.19 bits per heavy atom. The van der Waals surface area contributed by atoms with Gasteiger partial charge in [-0.15, -0.1) is 0 Å². The average molecular weight is 473 g/mol. The van der Waals surface area contributed by atoms with E-state index in [1.54, 1.807) is 6.92 Å². The van der Waals surface area contributed by atoms with Gasteiger partial charge in [-0.25, -0.2) is 21.6 Å². The summed E-state index contributed by atoms with van der Waals surface area (Å²) in [6.07, 6.45) is 0.938. The van der Waals surface area contributed by atoms with Gasteiger partial charge in [-0.05, 0) is 57.4 Å². The van der Waals surface area contributed by atoms with Crippen molar-refractivity contribution in [1.82, 2.24) is 9.21 Å². The first-order valence-electron chi connectivity index (χ1n) is 10.4. The molecule has 1 aromatic rings. The van der Waals surface area contributed by atoms with Gasteiger partial charge >= 0.3 is 5.97 Å². The number of ether oxygens (including phenoxy) is 1. The van der Waals surface area contributed by atoms with Crippen LogP contribution in [0.5, 0.6) is 0 Å². The molecule has 2 aliphatic heterocycles. The van der Waals surface area contributed by atoms with Gasteiger partial charge in [0.15, 0.2) is 15.9 Å². The first-order valence-corrected chi connectivity index (χ1v) is 13.6. The highest BCUT2D eigenvalue weighted by Crippen LogP contribution is 2.22. The van der Waals surface area contributed by atoms with Gasteiger partial charge in [-0.2, -0.15) is 4.31 Å². The van der Waals surface area contributed by atoms with Crippen LogP contribution in [0.15, 0.2) is 29.2 Å². The normalized spacial score (nSPS) is 22.2. The lowest BCUT2D eigenvalue weighted by Gasteiger charge is -2.29. The van der Waals surface area contributed by atoms with Gasteiger partial charge in [0, 0.05) is 25.7 Å². The summed E-state index contributed by atoms with van der Waals surface area (Å²) >= 11 is 0. The smallest absolute Gasteiger partial charge is 0.338 e. The zero-order valence-electron chi connectivity index (χ0n) is 17.7. The van der Waals surface area contributed by atoms with E-state index in [0.29, 0.717) is 26.1 Å². The lowest BCUT2D eigenvalue weighted by Crippen LogP contribution is -2.46. The van der Waals surface area contributed by atoms with Gasteiger partial charge in [-0.3, -0.25) is 4.79 Å². The van der Waals surface area contributed by atoms with Crippen LogP contribution in [-0.2, 0) is 29.4 Å². The molecule has 0 unspecified atom stereocenters. The lowest BCUT2D eigenvalue weighted by molar-refractivity contribution is -0.141. The molecule has 2 heterocycles. The van der Waals surface area contributed by atoms with Crippen molar-refractivity contribution in [3.05, 3.63) is 29.8 Å². The van der Waals surface area contributed by atoms with Crippen molar-refractivity contribution in [3.63, 3.8) is 0 Å². The maximum Gasteiger partial charge on any atom is 0.338 e. The van der Waals surface area contributed by atoms with Crippen LogP contribution in [0.3, 0.4) is 0 Å². The second kappa shape index (κ2) is 9.25. The van der Waals surface area contributed by atoms with Gasteiger partial charge in [-0.1, -0.05) is 0 Å². The summed E-state index contributed by atoms with van der Waals surface area (Å²) in [5.41, 5.74) is 0.131. The molecule has 2 fully saturated rings. The van der Waals surface area contributed by atoms with E-state index in [2.05, 4.69) is 0 Å². The summed E-state index contributed by atoms with van der Waals surface area (Å²) in [4.78, 5) is 26.7. The van der Waals surface area contributed by atoms with Crippen LogP contribution in [-0.4, -0.2) is 81.2 Å². The molecule has 31 heavy (non-hydrogen) atoms. The Labute approximate surface area is 183 Å². The van der Waals surface area contributed by atoms with Gasteiger partial charge in [0.1, 0.15) is 0 Å². The number of sulfone groups is 1. The standard InChI is InChI=1S/C20H28N2O7S2/c1-3-22(17-10-13-30(25,26)14-17)19(23)15(2)29-20(24)16-6-8-18(9-7-16)31(27,28)21-11-4-5-12-21/h6-9,15,17H,3-5,10-14H2,1-2H3/t15-,17+/m1/s1. The first kappa shape index (κ1) is 23.7. The number of carbonyl (C=O) groups is 2. The van der Waals surface area contributed by atoms with Crippen molar-refractivity contribution in [2.75, 3.05) is 31.1 Å². The summed E-state index contributed by atoms with van der Waals surface area (Å²) < 4.78 is 55.3. The van der Waals surface area contributed by atoms with Crippen molar-refractivity contribution >= 4 is 31.7 Å². The molecule has 0 saturated carbocycles. The van der Waals surface area contributed by atoms with E-state index in [0.717, 1.165) is 12.8 Å². The Hall–Kier alpha value is -1.98. The van der Waals surface area contributed by atoms with Crippen LogP contribution in [0.25, 0.3) is 0 Å². The summed E-state index contributed by atoms with van der Waals surface area (Å²) in [6.45, 7) is 4.48. The van der Waals surface area contributed by atoms with Gasteiger partial charge in [0.25, 0.3) is 5.91 Å². The summed E-state index contributed by atoms with van der Waals surface area (Å²) in [6, 6.07) is 5.03. The molecule has 1 amide bonds. The topological polar surface area (TPSA) is 118 Å². The van der Waals surface area contributed by atoms with Crippen molar-refractivity contribution in [2.24, 2.45) is 0 Å². The van der Waals surface area contributed by atoms with E-state index in [9.17, 15) is 26.4 Å². The van der Waals surface area contributed by atoms with E-state index in [-0.39, 0.29) is 22.0 Å². The molecule has 172 valence electrons. The summed E-state index contributed by atoms with van der Waals surface area (Å²) in [5, 5.41) is 0. The second-order valence-electron chi connectivity index (χ2n) is 7.86. The predicted molar refractivity (Wildman–Crippen MR) is 114 cm³/mol. The molecule has 2 aliphatic rings. The molecular weight excluding hydrogens is 444 g/mol. The van der Waals surface area contributed by atoms with Crippen LogP contribution in [0.2, 0.25) is 0 Å². The van der Waals surface area contributed by atoms with Crippen LogP contribution in [0, 0.1) is 0 Å². The molecule has 0 aliphatic carbocycles. The monoisotopic (exact) mass is 472 g/mol. The van der Waals surface area contributed by atoms with Crippen molar-refractivity contribution in [1.29, 1.82) is 0 Å². The molecule has 0 aromatic heterocycles. The predicted octanol–water partition coefficient (Wildman–Crippen LogP) is 1.05. The number of benzene rings is 1. The number of nitrogens with zero attached hydrogens (tertiary/aromatic N) is 2. The molecular formula is C20H28N2O7S2. The van der Waals surface area contributed by atoms with Crippen molar-refractivity contribution < 1.29 is 31.2 Å². The quantitative estimate of drug-likeness (QED) is 0.544. The number of amides is 1. The summed E-state index contributed by atoms with van der Waals surface area (Å²) in [5.74, 6) is -1.24. The van der Waals surface area contributed by atoms with Crippen molar-refractivity contribution in [2.45, 2.75) is 50.2 Å². The maximum absolute atomic E-state index is 12.7. The zero-order valence-corrected chi connectivity index (χ0v) is 19.3. The highest BCUT2D eigenvalue weighted by molar-refractivity contribution is 7.91. The third-order valence-electron chi connectivity index (χ3n) is 5.70. The largest absolute Gasteiger partial charge is 0.449 e. The molecule has 0 radical (unpaired) electrons. The summed E-state index contributed by atoms with van der Waals surface area (Å²) in [7, 11) is -6.73. The van der Waals surface area contributed by atoms with E-state index < -0.39 is 43.9 Å². The first-order chi connectivity index (χ1) is 14.5. The highest BCUT2D eigenvalue weighted by atomic mass is 32.2. The van der Waals surface area contributed by atoms with E-state index in [1.165, 1.54) is 40.4 Å². The molecule has 0 N–H and O–H groups in total. The number of hydrogen-bond acceptors (Lipinski definition) is 7. The molecule has 11 heteroatoms. The number of hydrogen-bond donors (Lipinski definition) is 0. The third-order valence-corrected chi connectivity index (χ3v) is 9.36. The number of esters is 1.